The van der Waals surface area contributed by atoms with Crippen LogP contribution < -0.4 is 5.32 Å². The Balaban J connectivity index is 1.17. The van der Waals surface area contributed by atoms with Crippen molar-refractivity contribution in [3.8, 4) is 0 Å². The molecule has 1 aromatic heterocycles. The van der Waals surface area contributed by atoms with E-state index in [4.69, 9.17) is 9.47 Å². The molecule has 4 heterocycles. The number of fused-ring (bicyclic) bond motifs is 1. The van der Waals surface area contributed by atoms with Crippen molar-refractivity contribution >= 4 is 5.96 Å². The summed E-state index contributed by atoms with van der Waals surface area (Å²) in [6.07, 6.45) is 12.1. The third-order valence-electron chi connectivity index (χ3n) is 6.56. The minimum Gasteiger partial charge on any atom is -0.376 e. The second kappa shape index (κ2) is 11.1. The molecular weight excluding hydrogens is 380 g/mol. The van der Waals surface area contributed by atoms with E-state index in [0.717, 1.165) is 89.1 Å². The second-order valence-electron chi connectivity index (χ2n) is 8.73. The third kappa shape index (κ3) is 5.72. The van der Waals surface area contributed by atoms with E-state index in [1.165, 1.54) is 32.1 Å². The normalized spacial score (nSPS) is 23.8. The second-order valence-corrected chi connectivity index (χ2v) is 8.73. The first-order valence-corrected chi connectivity index (χ1v) is 11.9. The zero-order valence-electron chi connectivity index (χ0n) is 18.5. The number of aliphatic imine (C=N–C) groups is 1. The first kappa shape index (κ1) is 21.6. The lowest BCUT2D eigenvalue weighted by Crippen LogP contribution is -2.47. The number of ether oxygens (including phenoxy) is 2. The van der Waals surface area contributed by atoms with Crippen molar-refractivity contribution in [3.63, 3.8) is 0 Å². The van der Waals surface area contributed by atoms with E-state index in [-0.39, 0.29) is 0 Å². The molecule has 1 N–H and O–H groups in total. The Morgan fingerprint density at radius 1 is 1.10 bits per heavy atom. The maximum Gasteiger partial charge on any atom is 0.193 e. The summed E-state index contributed by atoms with van der Waals surface area (Å²) in [5, 5.41) is 12.4. The SMILES string of the molecule is CN=C(NCCc1nnc2n1CCCCC2)N1CCC(OCC2CCCCO2)CC1. The summed E-state index contributed by atoms with van der Waals surface area (Å²) >= 11 is 0. The molecule has 0 saturated carbocycles. The van der Waals surface area contributed by atoms with Gasteiger partial charge in [-0.2, -0.15) is 0 Å². The summed E-state index contributed by atoms with van der Waals surface area (Å²) in [4.78, 5) is 6.85. The molecule has 0 radical (unpaired) electrons. The minimum atomic E-state index is 0.304. The average Bonchev–Trinajstić information content (AvgIpc) is 3.02. The lowest BCUT2D eigenvalue weighted by molar-refractivity contribution is -0.0721. The van der Waals surface area contributed by atoms with E-state index < -0.39 is 0 Å². The Bertz CT molecular complexity index is 677. The molecule has 2 fully saturated rings. The molecule has 1 atom stereocenters. The molecule has 168 valence electrons. The van der Waals surface area contributed by atoms with Crippen LogP contribution in [0.1, 0.15) is 63.0 Å². The minimum absolute atomic E-state index is 0.304. The molecular formula is C22H38N6O2. The van der Waals surface area contributed by atoms with Gasteiger partial charge in [-0.3, -0.25) is 4.99 Å². The highest BCUT2D eigenvalue weighted by Gasteiger charge is 2.24. The standard InChI is InChI=1S/C22H38N6O2/c1-23-22(24-12-9-21-26-25-20-8-3-2-5-13-28(20)21)27-14-10-18(11-15-27)30-17-19-7-4-6-16-29-19/h18-19H,2-17H2,1H3,(H,23,24). The zero-order chi connectivity index (χ0) is 20.6. The van der Waals surface area contributed by atoms with Gasteiger partial charge in [-0.25, -0.2) is 0 Å². The molecule has 8 nitrogen and oxygen atoms in total. The molecule has 0 aliphatic carbocycles. The number of aryl methyl sites for hydroxylation is 1. The van der Waals surface area contributed by atoms with Gasteiger partial charge in [-0.05, 0) is 44.9 Å². The lowest BCUT2D eigenvalue weighted by Gasteiger charge is -2.35. The molecule has 0 bridgehead atoms. The van der Waals surface area contributed by atoms with Crippen LogP contribution in [0.5, 0.6) is 0 Å². The fourth-order valence-electron chi connectivity index (χ4n) is 4.77. The predicted molar refractivity (Wildman–Crippen MR) is 117 cm³/mol. The molecule has 1 unspecified atom stereocenters. The van der Waals surface area contributed by atoms with Gasteiger partial charge in [0.15, 0.2) is 5.96 Å². The van der Waals surface area contributed by atoms with Gasteiger partial charge in [0, 0.05) is 52.7 Å². The van der Waals surface area contributed by atoms with E-state index in [2.05, 4.69) is 30.0 Å². The van der Waals surface area contributed by atoms with Crippen molar-refractivity contribution in [2.24, 2.45) is 4.99 Å². The molecule has 2 saturated heterocycles. The van der Waals surface area contributed by atoms with E-state index in [1.54, 1.807) is 0 Å². The number of likely N-dealkylation sites (tertiary alicyclic amines) is 1. The van der Waals surface area contributed by atoms with E-state index >= 15 is 0 Å². The van der Waals surface area contributed by atoms with Gasteiger partial charge in [-0.1, -0.05) is 6.42 Å². The highest BCUT2D eigenvalue weighted by Crippen LogP contribution is 2.18. The van der Waals surface area contributed by atoms with Crippen molar-refractivity contribution < 1.29 is 9.47 Å². The summed E-state index contributed by atoms with van der Waals surface area (Å²) in [5.74, 6) is 3.25. The number of rotatable bonds is 6. The van der Waals surface area contributed by atoms with Gasteiger partial charge < -0.3 is 24.3 Å². The zero-order valence-corrected chi connectivity index (χ0v) is 18.5. The first-order valence-electron chi connectivity index (χ1n) is 11.9. The highest BCUT2D eigenvalue weighted by molar-refractivity contribution is 5.79. The molecule has 8 heteroatoms. The summed E-state index contributed by atoms with van der Waals surface area (Å²) < 4.78 is 14.3. The van der Waals surface area contributed by atoms with Crippen molar-refractivity contribution in [3.05, 3.63) is 11.6 Å². The molecule has 0 spiro atoms. The van der Waals surface area contributed by atoms with Gasteiger partial charge in [-0.15, -0.1) is 10.2 Å². The quantitative estimate of drug-likeness (QED) is 0.564. The largest absolute Gasteiger partial charge is 0.376 e. The van der Waals surface area contributed by atoms with Crippen molar-refractivity contribution in [2.45, 2.75) is 83.0 Å². The fraction of sp³-hybridized carbons (Fsp3) is 0.864. The number of nitrogens with zero attached hydrogens (tertiary/aromatic N) is 5. The number of aromatic nitrogens is 3. The maximum absolute atomic E-state index is 6.15. The Morgan fingerprint density at radius 2 is 2.00 bits per heavy atom. The van der Waals surface area contributed by atoms with Crippen LogP contribution in [0.4, 0.5) is 0 Å². The van der Waals surface area contributed by atoms with Gasteiger partial charge in [0.25, 0.3) is 0 Å². The third-order valence-corrected chi connectivity index (χ3v) is 6.56. The Labute approximate surface area is 180 Å². The Kier molecular flexibility index (Phi) is 7.97. The van der Waals surface area contributed by atoms with Crippen molar-refractivity contribution in [1.29, 1.82) is 0 Å². The van der Waals surface area contributed by atoms with E-state index in [0.29, 0.717) is 12.2 Å². The summed E-state index contributed by atoms with van der Waals surface area (Å²) in [6, 6.07) is 0. The number of piperidine rings is 1. The van der Waals surface area contributed by atoms with Crippen LogP contribution in [0.2, 0.25) is 0 Å². The molecule has 0 amide bonds. The smallest absolute Gasteiger partial charge is 0.193 e. The fourth-order valence-corrected chi connectivity index (χ4v) is 4.77. The van der Waals surface area contributed by atoms with Crippen LogP contribution >= 0.6 is 0 Å². The van der Waals surface area contributed by atoms with Gasteiger partial charge in [0.05, 0.1) is 18.8 Å². The Morgan fingerprint density at radius 3 is 2.80 bits per heavy atom. The maximum atomic E-state index is 6.15. The molecule has 4 rings (SSSR count). The number of guanidine groups is 1. The highest BCUT2D eigenvalue weighted by atomic mass is 16.5. The number of nitrogens with one attached hydrogen (secondary N) is 1. The molecule has 0 aromatic carbocycles. The van der Waals surface area contributed by atoms with Crippen LogP contribution in [-0.4, -0.2) is 77.7 Å². The summed E-state index contributed by atoms with van der Waals surface area (Å²) in [5.41, 5.74) is 0. The first-order chi connectivity index (χ1) is 14.8. The van der Waals surface area contributed by atoms with Crippen molar-refractivity contribution in [1.82, 2.24) is 25.0 Å². The van der Waals surface area contributed by atoms with Crippen LogP contribution in [0.3, 0.4) is 0 Å². The molecule has 3 aliphatic rings. The molecule has 30 heavy (non-hydrogen) atoms. The topological polar surface area (TPSA) is 76.8 Å². The van der Waals surface area contributed by atoms with Gasteiger partial charge in [0.2, 0.25) is 0 Å². The Hall–Kier alpha value is -1.67. The summed E-state index contributed by atoms with van der Waals surface area (Å²) in [7, 11) is 1.87. The lowest BCUT2D eigenvalue weighted by atomic mass is 10.1. The van der Waals surface area contributed by atoms with Crippen LogP contribution in [0.25, 0.3) is 0 Å². The van der Waals surface area contributed by atoms with Crippen molar-refractivity contribution in [2.75, 3.05) is 39.9 Å². The monoisotopic (exact) mass is 418 g/mol. The molecule has 1 aromatic rings. The number of hydrogen-bond acceptors (Lipinski definition) is 5. The van der Waals surface area contributed by atoms with Crippen LogP contribution in [0, 0.1) is 0 Å². The van der Waals surface area contributed by atoms with E-state index in [9.17, 15) is 0 Å². The summed E-state index contributed by atoms with van der Waals surface area (Å²) in [6.45, 7) is 5.50. The molecule has 3 aliphatic heterocycles. The number of hydrogen-bond donors (Lipinski definition) is 1. The average molecular weight is 419 g/mol. The van der Waals surface area contributed by atoms with Gasteiger partial charge >= 0.3 is 0 Å². The van der Waals surface area contributed by atoms with Gasteiger partial charge in [0.1, 0.15) is 11.6 Å². The van der Waals surface area contributed by atoms with Crippen LogP contribution in [0.15, 0.2) is 4.99 Å². The van der Waals surface area contributed by atoms with Crippen LogP contribution in [-0.2, 0) is 28.9 Å². The van der Waals surface area contributed by atoms with E-state index in [1.807, 2.05) is 7.05 Å². The predicted octanol–water partition coefficient (Wildman–Crippen LogP) is 2.17.